The number of hydrogen-bond donors (Lipinski definition) is 1. The summed E-state index contributed by atoms with van der Waals surface area (Å²) in [6.45, 7) is 5.22. The summed E-state index contributed by atoms with van der Waals surface area (Å²) < 4.78 is 12.1. The first-order valence-corrected chi connectivity index (χ1v) is 9.90. The van der Waals surface area contributed by atoms with Gasteiger partial charge in [0.05, 0.1) is 24.7 Å². The number of carbonyl (C=O) groups is 3. The summed E-state index contributed by atoms with van der Waals surface area (Å²) >= 11 is 0. The Morgan fingerprint density at radius 3 is 2.58 bits per heavy atom. The first kappa shape index (κ1) is 21.8. The summed E-state index contributed by atoms with van der Waals surface area (Å²) in [4.78, 5) is 40.3. The molecule has 31 heavy (non-hydrogen) atoms. The number of aryl methyl sites for hydroxylation is 2. The molecule has 3 aromatic rings. The molecular formula is C23H23N3O5. The number of ether oxygens (including phenoxy) is 2. The van der Waals surface area contributed by atoms with Gasteiger partial charge in [-0.3, -0.25) is 4.79 Å². The lowest BCUT2D eigenvalue weighted by atomic mass is 10.1. The number of aromatic nitrogens is 2. The number of ketones is 1. The van der Waals surface area contributed by atoms with E-state index in [1.54, 1.807) is 27.0 Å². The number of benzene rings is 1. The van der Waals surface area contributed by atoms with E-state index in [1.807, 2.05) is 28.8 Å². The lowest BCUT2D eigenvalue weighted by Crippen LogP contribution is -2.15. The Morgan fingerprint density at radius 1 is 1.13 bits per heavy atom. The fourth-order valence-electron chi connectivity index (χ4n) is 3.57. The molecule has 0 fully saturated rings. The number of rotatable bonds is 8. The Hall–Kier alpha value is -3.86. The number of Topliss-reactive ketones (excluding diaryl/α,β-unsaturated/α-hetero) is 1. The summed E-state index contributed by atoms with van der Waals surface area (Å²) in [6, 6.07) is 9.46. The number of nitriles is 1. The van der Waals surface area contributed by atoms with E-state index in [4.69, 9.17) is 14.7 Å². The van der Waals surface area contributed by atoms with E-state index < -0.39 is 18.5 Å². The summed E-state index contributed by atoms with van der Waals surface area (Å²) in [5.41, 5.74) is 2.58. The van der Waals surface area contributed by atoms with Gasteiger partial charge in [0.15, 0.2) is 6.61 Å². The quantitative estimate of drug-likeness (QED) is 0.438. The Morgan fingerprint density at radius 2 is 1.87 bits per heavy atom. The van der Waals surface area contributed by atoms with Gasteiger partial charge in [-0.15, -0.1) is 0 Å². The van der Waals surface area contributed by atoms with Crippen molar-refractivity contribution in [3.05, 3.63) is 58.5 Å². The highest BCUT2D eigenvalue weighted by Gasteiger charge is 2.25. The first-order valence-electron chi connectivity index (χ1n) is 9.90. The van der Waals surface area contributed by atoms with Crippen LogP contribution in [0, 0.1) is 25.2 Å². The van der Waals surface area contributed by atoms with Crippen molar-refractivity contribution in [2.75, 3.05) is 13.2 Å². The van der Waals surface area contributed by atoms with Crippen LogP contribution in [0.1, 0.15) is 55.8 Å². The number of para-hydroxylation sites is 1. The van der Waals surface area contributed by atoms with E-state index >= 15 is 0 Å². The highest BCUT2D eigenvalue weighted by Crippen LogP contribution is 2.23. The van der Waals surface area contributed by atoms with Crippen LogP contribution in [0.25, 0.3) is 10.9 Å². The van der Waals surface area contributed by atoms with Crippen LogP contribution in [0.5, 0.6) is 0 Å². The molecule has 2 heterocycles. The van der Waals surface area contributed by atoms with Gasteiger partial charge in [0, 0.05) is 34.9 Å². The molecule has 0 saturated carbocycles. The molecule has 0 aliphatic rings. The first-order chi connectivity index (χ1) is 14.9. The third-order valence-electron chi connectivity index (χ3n) is 5.01. The maximum absolute atomic E-state index is 12.8. The normalized spacial score (nSPS) is 10.6. The van der Waals surface area contributed by atoms with Crippen molar-refractivity contribution in [1.29, 1.82) is 5.26 Å². The van der Waals surface area contributed by atoms with Crippen LogP contribution in [0.3, 0.4) is 0 Å². The predicted molar refractivity (Wildman–Crippen MR) is 113 cm³/mol. The van der Waals surface area contributed by atoms with E-state index in [0.717, 1.165) is 10.9 Å². The number of H-pyrrole nitrogens is 1. The molecular weight excluding hydrogens is 398 g/mol. The van der Waals surface area contributed by atoms with E-state index in [9.17, 15) is 14.4 Å². The SMILES string of the molecule is CCOC(=O)c1c(C)[nH]c(C(=O)OCC(=O)c2cn(CCC#N)c3ccccc23)c1C. The maximum atomic E-state index is 12.8. The van der Waals surface area contributed by atoms with Crippen molar-refractivity contribution < 1.29 is 23.9 Å². The molecule has 3 rings (SSSR count). The van der Waals surface area contributed by atoms with Crippen LogP contribution >= 0.6 is 0 Å². The average Bonchev–Trinajstić information content (AvgIpc) is 3.27. The van der Waals surface area contributed by atoms with E-state index in [-0.39, 0.29) is 18.1 Å². The largest absolute Gasteiger partial charge is 0.462 e. The Kier molecular flexibility index (Phi) is 6.55. The highest BCUT2D eigenvalue weighted by molar-refractivity contribution is 6.09. The smallest absolute Gasteiger partial charge is 0.355 e. The van der Waals surface area contributed by atoms with Gasteiger partial charge in [-0.1, -0.05) is 18.2 Å². The molecule has 0 bridgehead atoms. The van der Waals surface area contributed by atoms with Gasteiger partial charge in [0.1, 0.15) is 5.69 Å². The minimum Gasteiger partial charge on any atom is -0.462 e. The molecule has 0 amide bonds. The molecule has 2 aromatic heterocycles. The van der Waals surface area contributed by atoms with Gasteiger partial charge in [-0.25, -0.2) is 9.59 Å². The molecule has 8 heteroatoms. The van der Waals surface area contributed by atoms with Crippen LogP contribution in [0.4, 0.5) is 0 Å². The lowest BCUT2D eigenvalue weighted by Gasteiger charge is -2.04. The topological polar surface area (TPSA) is 114 Å². The monoisotopic (exact) mass is 421 g/mol. The summed E-state index contributed by atoms with van der Waals surface area (Å²) in [5.74, 6) is -1.60. The minimum absolute atomic E-state index is 0.116. The second-order valence-electron chi connectivity index (χ2n) is 7.01. The van der Waals surface area contributed by atoms with Gasteiger partial charge in [0.2, 0.25) is 5.78 Å². The number of hydrogen-bond acceptors (Lipinski definition) is 6. The van der Waals surface area contributed by atoms with E-state index in [1.165, 1.54) is 0 Å². The van der Waals surface area contributed by atoms with Crippen molar-refractivity contribution in [3.63, 3.8) is 0 Å². The van der Waals surface area contributed by atoms with Crippen LogP contribution in [-0.4, -0.2) is 40.5 Å². The van der Waals surface area contributed by atoms with E-state index in [2.05, 4.69) is 11.1 Å². The summed E-state index contributed by atoms with van der Waals surface area (Å²) in [5, 5.41) is 9.59. The Bertz CT molecular complexity index is 1200. The van der Waals surface area contributed by atoms with Gasteiger partial charge in [-0.05, 0) is 32.4 Å². The zero-order valence-electron chi connectivity index (χ0n) is 17.7. The van der Waals surface area contributed by atoms with Crippen molar-refractivity contribution in [2.24, 2.45) is 0 Å². The predicted octanol–water partition coefficient (Wildman–Crippen LogP) is 3.72. The fraction of sp³-hybridized carbons (Fsp3) is 0.304. The molecule has 0 aliphatic carbocycles. The van der Waals surface area contributed by atoms with Crippen molar-refractivity contribution >= 4 is 28.6 Å². The van der Waals surface area contributed by atoms with Gasteiger partial charge in [-0.2, -0.15) is 5.26 Å². The molecule has 0 radical (unpaired) electrons. The summed E-state index contributed by atoms with van der Waals surface area (Å²) in [7, 11) is 0. The molecule has 0 spiro atoms. The molecule has 1 aromatic carbocycles. The zero-order valence-corrected chi connectivity index (χ0v) is 17.7. The van der Waals surface area contributed by atoms with Crippen LogP contribution in [-0.2, 0) is 16.0 Å². The van der Waals surface area contributed by atoms with Crippen LogP contribution < -0.4 is 0 Å². The Labute approximate surface area is 179 Å². The average molecular weight is 421 g/mol. The lowest BCUT2D eigenvalue weighted by molar-refractivity contribution is 0.0469. The second kappa shape index (κ2) is 9.30. The summed E-state index contributed by atoms with van der Waals surface area (Å²) in [6.07, 6.45) is 2.00. The molecule has 0 saturated heterocycles. The minimum atomic E-state index is -0.724. The molecule has 1 N–H and O–H groups in total. The molecule has 0 unspecified atom stereocenters. The number of esters is 2. The van der Waals surface area contributed by atoms with Crippen molar-refractivity contribution in [1.82, 2.24) is 9.55 Å². The maximum Gasteiger partial charge on any atom is 0.355 e. The van der Waals surface area contributed by atoms with Gasteiger partial charge in [0.25, 0.3) is 0 Å². The third-order valence-corrected chi connectivity index (χ3v) is 5.01. The number of carbonyl (C=O) groups excluding carboxylic acids is 3. The number of fused-ring (bicyclic) bond motifs is 1. The number of nitrogens with zero attached hydrogens (tertiary/aromatic N) is 2. The number of nitrogens with one attached hydrogen (secondary N) is 1. The molecule has 0 atom stereocenters. The van der Waals surface area contributed by atoms with Crippen molar-refractivity contribution in [3.8, 4) is 6.07 Å². The second-order valence-corrected chi connectivity index (χ2v) is 7.01. The van der Waals surface area contributed by atoms with E-state index in [0.29, 0.717) is 35.3 Å². The zero-order chi connectivity index (χ0) is 22.5. The van der Waals surface area contributed by atoms with Crippen LogP contribution in [0.15, 0.2) is 30.5 Å². The molecule has 160 valence electrons. The Balaban J connectivity index is 1.78. The highest BCUT2D eigenvalue weighted by atomic mass is 16.5. The fourth-order valence-corrected chi connectivity index (χ4v) is 3.57. The van der Waals surface area contributed by atoms with Gasteiger partial charge < -0.3 is 19.0 Å². The van der Waals surface area contributed by atoms with Gasteiger partial charge >= 0.3 is 11.9 Å². The standard InChI is InChI=1S/C23H23N3O5/c1-4-30-22(28)20-14(2)21(25-15(20)3)23(29)31-13-19(27)17-12-26(11-7-10-24)18-9-6-5-8-16(17)18/h5-6,8-9,12,25H,4,7,11,13H2,1-3H3. The van der Waals surface area contributed by atoms with Crippen molar-refractivity contribution in [2.45, 2.75) is 33.7 Å². The molecule has 8 nitrogen and oxygen atoms in total. The van der Waals surface area contributed by atoms with Crippen LogP contribution in [0.2, 0.25) is 0 Å². The molecule has 0 aliphatic heterocycles. The third kappa shape index (κ3) is 4.36. The number of aromatic amines is 1.